The summed E-state index contributed by atoms with van der Waals surface area (Å²) in [4.78, 5) is 14.6. The van der Waals surface area contributed by atoms with Crippen molar-refractivity contribution in [1.29, 1.82) is 0 Å². The maximum Gasteiger partial charge on any atom is 0.253 e. The van der Waals surface area contributed by atoms with Crippen LogP contribution in [0.3, 0.4) is 0 Å². The number of hydrogen-bond acceptors (Lipinski definition) is 3. The quantitative estimate of drug-likeness (QED) is 0.761. The van der Waals surface area contributed by atoms with E-state index in [1.54, 1.807) is 7.11 Å². The minimum Gasteiger partial charge on any atom is -0.496 e. The van der Waals surface area contributed by atoms with Crippen molar-refractivity contribution in [3.8, 4) is 11.5 Å². The van der Waals surface area contributed by atoms with Crippen molar-refractivity contribution in [3.05, 3.63) is 59.2 Å². The molecule has 0 unspecified atom stereocenters. The summed E-state index contributed by atoms with van der Waals surface area (Å²) in [7, 11) is 1.64. The van der Waals surface area contributed by atoms with Gasteiger partial charge >= 0.3 is 0 Å². The van der Waals surface area contributed by atoms with Crippen LogP contribution >= 0.6 is 0 Å². The van der Waals surface area contributed by atoms with Crippen LogP contribution in [0.5, 0.6) is 11.5 Å². The summed E-state index contributed by atoms with van der Waals surface area (Å²) in [5, 5.41) is 0. The number of nitrogens with zero attached hydrogens (tertiary/aromatic N) is 1. The van der Waals surface area contributed by atoms with Gasteiger partial charge < -0.3 is 14.4 Å². The minimum atomic E-state index is 0.0888. The van der Waals surface area contributed by atoms with Gasteiger partial charge in [0.05, 0.1) is 7.11 Å². The predicted octanol–water partition coefficient (Wildman–Crippen LogP) is 4.81. The van der Waals surface area contributed by atoms with E-state index in [2.05, 4.69) is 32.9 Å². The van der Waals surface area contributed by atoms with Gasteiger partial charge in [-0.15, -0.1) is 0 Å². The maximum atomic E-state index is 12.6. The molecule has 1 saturated heterocycles. The van der Waals surface area contributed by atoms with Gasteiger partial charge in [0.2, 0.25) is 0 Å². The molecule has 1 fully saturated rings. The van der Waals surface area contributed by atoms with E-state index in [1.165, 1.54) is 5.56 Å². The van der Waals surface area contributed by atoms with Gasteiger partial charge in [-0.3, -0.25) is 4.79 Å². The molecule has 1 heterocycles. The van der Waals surface area contributed by atoms with E-state index in [4.69, 9.17) is 9.47 Å². The average molecular weight is 367 g/mol. The van der Waals surface area contributed by atoms with E-state index in [0.29, 0.717) is 12.2 Å². The number of rotatable bonds is 5. The summed E-state index contributed by atoms with van der Waals surface area (Å²) in [6, 6.07) is 13.8. The van der Waals surface area contributed by atoms with Crippen molar-refractivity contribution in [2.24, 2.45) is 0 Å². The van der Waals surface area contributed by atoms with Crippen LogP contribution in [-0.2, 0) is 12.0 Å². The van der Waals surface area contributed by atoms with Crippen molar-refractivity contribution in [2.45, 2.75) is 45.6 Å². The molecule has 0 aliphatic carbocycles. The van der Waals surface area contributed by atoms with Crippen LogP contribution in [0.1, 0.15) is 55.1 Å². The molecule has 2 aromatic carbocycles. The molecule has 0 aromatic heterocycles. The molecule has 4 nitrogen and oxygen atoms in total. The molecule has 27 heavy (non-hydrogen) atoms. The lowest BCUT2D eigenvalue weighted by atomic mass is 9.87. The number of ether oxygens (including phenoxy) is 2. The Balaban J connectivity index is 1.73. The third-order valence-corrected chi connectivity index (χ3v) is 5.04. The second kappa shape index (κ2) is 8.03. The molecule has 0 N–H and O–H groups in total. The zero-order valence-corrected chi connectivity index (χ0v) is 16.7. The fourth-order valence-electron chi connectivity index (χ4n) is 3.34. The highest BCUT2D eigenvalue weighted by Crippen LogP contribution is 2.26. The van der Waals surface area contributed by atoms with E-state index in [-0.39, 0.29) is 11.3 Å². The Kier molecular flexibility index (Phi) is 5.73. The van der Waals surface area contributed by atoms with Crippen LogP contribution in [0.4, 0.5) is 0 Å². The van der Waals surface area contributed by atoms with Crippen molar-refractivity contribution >= 4 is 5.91 Å². The van der Waals surface area contributed by atoms with Gasteiger partial charge in [0.25, 0.3) is 5.91 Å². The SMILES string of the molecule is COc1ccc(C(=O)N2CCCC2)cc1COc1ccc(C(C)(C)C)cc1. The molecule has 1 aliphatic rings. The van der Waals surface area contributed by atoms with E-state index >= 15 is 0 Å². The van der Waals surface area contributed by atoms with Crippen molar-refractivity contribution in [1.82, 2.24) is 4.90 Å². The first kappa shape index (κ1) is 19.3. The number of carbonyl (C=O) groups excluding carboxylic acids is 1. The fraction of sp³-hybridized carbons (Fsp3) is 0.435. The summed E-state index contributed by atoms with van der Waals surface area (Å²) in [6.07, 6.45) is 2.17. The number of hydrogen-bond donors (Lipinski definition) is 0. The third-order valence-electron chi connectivity index (χ3n) is 5.04. The van der Waals surface area contributed by atoms with E-state index < -0.39 is 0 Å². The number of amides is 1. The molecule has 0 spiro atoms. The minimum absolute atomic E-state index is 0.0888. The summed E-state index contributed by atoms with van der Waals surface area (Å²) < 4.78 is 11.4. The van der Waals surface area contributed by atoms with Gasteiger partial charge in [0.1, 0.15) is 18.1 Å². The summed E-state index contributed by atoms with van der Waals surface area (Å²) in [5.41, 5.74) is 2.96. The Hall–Kier alpha value is -2.49. The highest BCUT2D eigenvalue weighted by molar-refractivity contribution is 5.94. The molecule has 1 aliphatic heterocycles. The normalized spacial score (nSPS) is 14.3. The Morgan fingerprint density at radius 3 is 2.30 bits per heavy atom. The molecular formula is C23H29NO3. The Morgan fingerprint density at radius 2 is 1.70 bits per heavy atom. The summed E-state index contributed by atoms with van der Waals surface area (Å²) >= 11 is 0. The van der Waals surface area contributed by atoms with Crippen molar-refractivity contribution in [2.75, 3.05) is 20.2 Å². The van der Waals surface area contributed by atoms with Gasteiger partial charge in [0, 0.05) is 24.2 Å². The second-order valence-electron chi connectivity index (χ2n) is 8.09. The molecule has 1 amide bonds. The van der Waals surface area contributed by atoms with Gasteiger partial charge in [-0.1, -0.05) is 32.9 Å². The first-order valence-corrected chi connectivity index (χ1v) is 9.58. The fourth-order valence-corrected chi connectivity index (χ4v) is 3.34. The van der Waals surface area contributed by atoms with Gasteiger partial charge in [-0.05, 0) is 54.2 Å². The lowest BCUT2D eigenvalue weighted by molar-refractivity contribution is 0.0792. The molecule has 4 heteroatoms. The molecule has 0 saturated carbocycles. The van der Waals surface area contributed by atoms with Crippen LogP contribution in [0, 0.1) is 0 Å². The molecule has 0 bridgehead atoms. The zero-order valence-electron chi connectivity index (χ0n) is 16.7. The topological polar surface area (TPSA) is 38.8 Å². The molecule has 3 rings (SSSR count). The molecule has 2 aromatic rings. The molecule has 144 valence electrons. The van der Waals surface area contributed by atoms with E-state index in [9.17, 15) is 4.79 Å². The van der Waals surface area contributed by atoms with Crippen LogP contribution in [0.15, 0.2) is 42.5 Å². The number of likely N-dealkylation sites (tertiary alicyclic amines) is 1. The highest BCUT2D eigenvalue weighted by atomic mass is 16.5. The van der Waals surface area contributed by atoms with Crippen molar-refractivity contribution < 1.29 is 14.3 Å². The Labute approximate surface area is 162 Å². The molecule has 0 atom stereocenters. The van der Waals surface area contributed by atoms with E-state index in [0.717, 1.165) is 43.0 Å². The van der Waals surface area contributed by atoms with Gasteiger partial charge in [0.15, 0.2) is 0 Å². The van der Waals surface area contributed by atoms with Crippen LogP contribution in [0.25, 0.3) is 0 Å². The predicted molar refractivity (Wildman–Crippen MR) is 108 cm³/mol. The van der Waals surface area contributed by atoms with Crippen LogP contribution in [-0.4, -0.2) is 31.0 Å². The van der Waals surface area contributed by atoms with E-state index in [1.807, 2.05) is 35.2 Å². The number of methoxy groups -OCH3 is 1. The van der Waals surface area contributed by atoms with Crippen LogP contribution < -0.4 is 9.47 Å². The summed E-state index contributed by atoms with van der Waals surface area (Å²) in [5.74, 6) is 1.63. The first-order valence-electron chi connectivity index (χ1n) is 9.58. The highest BCUT2D eigenvalue weighted by Gasteiger charge is 2.20. The lowest BCUT2D eigenvalue weighted by Crippen LogP contribution is -2.27. The Bertz CT molecular complexity index is 784. The number of benzene rings is 2. The van der Waals surface area contributed by atoms with Gasteiger partial charge in [-0.25, -0.2) is 0 Å². The third kappa shape index (κ3) is 4.62. The van der Waals surface area contributed by atoms with Crippen LogP contribution in [0.2, 0.25) is 0 Å². The molecular weight excluding hydrogens is 338 g/mol. The molecule has 0 radical (unpaired) electrons. The largest absolute Gasteiger partial charge is 0.496 e. The second-order valence-corrected chi connectivity index (χ2v) is 8.09. The monoisotopic (exact) mass is 367 g/mol. The smallest absolute Gasteiger partial charge is 0.253 e. The Morgan fingerprint density at radius 1 is 1.04 bits per heavy atom. The number of carbonyl (C=O) groups is 1. The standard InChI is InChI=1S/C23H29NO3/c1-23(2,3)19-8-10-20(11-9-19)27-16-18-15-17(7-12-21(18)26-4)22(25)24-13-5-6-14-24/h7-12,15H,5-6,13-14,16H2,1-4H3. The average Bonchev–Trinajstić information content (AvgIpc) is 3.20. The zero-order chi connectivity index (χ0) is 19.4. The maximum absolute atomic E-state index is 12.6. The van der Waals surface area contributed by atoms with Gasteiger partial charge in [-0.2, -0.15) is 0 Å². The lowest BCUT2D eigenvalue weighted by Gasteiger charge is -2.19. The summed E-state index contributed by atoms with van der Waals surface area (Å²) in [6.45, 7) is 8.62. The first-order chi connectivity index (χ1) is 12.9. The van der Waals surface area contributed by atoms with Crippen molar-refractivity contribution in [3.63, 3.8) is 0 Å².